The van der Waals surface area contributed by atoms with E-state index in [1.54, 1.807) is 18.3 Å². The number of hydrogen-bond donors (Lipinski definition) is 0. The number of benzene rings is 1. The van der Waals surface area contributed by atoms with Crippen molar-refractivity contribution in [3.63, 3.8) is 0 Å². The molecule has 0 N–H and O–H groups in total. The molecular formula is C12H14N2O2. The van der Waals surface area contributed by atoms with Gasteiger partial charge in [-0.15, -0.1) is 0 Å². The first kappa shape index (κ1) is 12.1. The topological polar surface area (TPSA) is 56.0 Å². The van der Waals surface area contributed by atoms with Gasteiger partial charge in [-0.2, -0.15) is 0 Å². The number of fused-ring (bicyclic) bond motifs is 1. The van der Waals surface area contributed by atoms with Crippen LogP contribution in [-0.2, 0) is 0 Å². The van der Waals surface area contributed by atoms with E-state index in [0.29, 0.717) is 0 Å². The highest BCUT2D eigenvalue weighted by Gasteiger charge is 2.07. The first-order valence-electron chi connectivity index (χ1n) is 5.18. The van der Waals surface area contributed by atoms with E-state index >= 15 is 0 Å². The molecule has 0 unspecified atom stereocenters. The SMILES string of the molecule is CC.Cc1ccnc2ccc([N+](=O)[O-])cc12. The lowest BCUT2D eigenvalue weighted by molar-refractivity contribution is -0.384. The highest BCUT2D eigenvalue weighted by Crippen LogP contribution is 2.21. The smallest absolute Gasteiger partial charge is 0.258 e. The molecule has 0 aliphatic carbocycles. The maximum absolute atomic E-state index is 10.5. The van der Waals surface area contributed by atoms with Crippen LogP contribution in [0.2, 0.25) is 0 Å². The molecule has 0 fully saturated rings. The van der Waals surface area contributed by atoms with Crippen molar-refractivity contribution >= 4 is 16.6 Å². The molecule has 0 atom stereocenters. The Morgan fingerprint density at radius 1 is 1.25 bits per heavy atom. The minimum atomic E-state index is -0.397. The molecule has 4 heteroatoms. The van der Waals surface area contributed by atoms with Gasteiger partial charge in [-0.1, -0.05) is 13.8 Å². The van der Waals surface area contributed by atoms with Gasteiger partial charge in [-0.25, -0.2) is 0 Å². The van der Waals surface area contributed by atoms with Crippen LogP contribution in [0.15, 0.2) is 30.5 Å². The maximum Gasteiger partial charge on any atom is 0.270 e. The predicted molar refractivity (Wildman–Crippen MR) is 64.5 cm³/mol. The van der Waals surface area contributed by atoms with Crippen LogP contribution in [0.5, 0.6) is 0 Å². The Balaban J connectivity index is 0.000000606. The Bertz CT molecular complexity index is 509. The fourth-order valence-corrected chi connectivity index (χ4v) is 1.39. The number of nitro benzene ring substituents is 1. The number of nitrogens with zero attached hydrogens (tertiary/aromatic N) is 2. The first-order valence-corrected chi connectivity index (χ1v) is 5.18. The van der Waals surface area contributed by atoms with Crippen molar-refractivity contribution in [2.24, 2.45) is 0 Å². The lowest BCUT2D eigenvalue weighted by Crippen LogP contribution is -1.89. The molecule has 0 saturated carbocycles. The highest BCUT2D eigenvalue weighted by atomic mass is 16.6. The molecule has 2 rings (SSSR count). The van der Waals surface area contributed by atoms with Crippen molar-refractivity contribution in [2.45, 2.75) is 20.8 Å². The summed E-state index contributed by atoms with van der Waals surface area (Å²) < 4.78 is 0. The molecular weight excluding hydrogens is 204 g/mol. The zero-order valence-corrected chi connectivity index (χ0v) is 9.60. The van der Waals surface area contributed by atoms with Crippen LogP contribution in [0, 0.1) is 17.0 Å². The molecule has 0 radical (unpaired) electrons. The van der Waals surface area contributed by atoms with Crippen LogP contribution in [-0.4, -0.2) is 9.91 Å². The average molecular weight is 218 g/mol. The summed E-state index contributed by atoms with van der Waals surface area (Å²) in [6.07, 6.45) is 1.70. The second-order valence-electron chi connectivity index (χ2n) is 3.09. The first-order chi connectivity index (χ1) is 7.68. The molecule has 1 aromatic carbocycles. The van der Waals surface area contributed by atoms with Crippen molar-refractivity contribution in [3.8, 4) is 0 Å². The number of hydrogen-bond acceptors (Lipinski definition) is 3. The van der Waals surface area contributed by atoms with E-state index in [1.165, 1.54) is 6.07 Å². The molecule has 2 aromatic rings. The van der Waals surface area contributed by atoms with Gasteiger partial charge in [0, 0.05) is 23.7 Å². The van der Waals surface area contributed by atoms with Gasteiger partial charge in [0.05, 0.1) is 10.4 Å². The quantitative estimate of drug-likeness (QED) is 0.544. The zero-order valence-electron chi connectivity index (χ0n) is 9.60. The van der Waals surface area contributed by atoms with Crippen LogP contribution < -0.4 is 0 Å². The van der Waals surface area contributed by atoms with Crippen LogP contribution >= 0.6 is 0 Å². The summed E-state index contributed by atoms with van der Waals surface area (Å²) in [5.74, 6) is 0. The molecule has 16 heavy (non-hydrogen) atoms. The number of non-ortho nitro benzene ring substituents is 1. The number of pyridine rings is 1. The average Bonchev–Trinajstić information content (AvgIpc) is 2.32. The second kappa shape index (κ2) is 5.21. The van der Waals surface area contributed by atoms with Gasteiger partial charge in [-0.3, -0.25) is 15.1 Å². The summed E-state index contributed by atoms with van der Waals surface area (Å²) in [5, 5.41) is 11.4. The summed E-state index contributed by atoms with van der Waals surface area (Å²) in [7, 11) is 0. The second-order valence-corrected chi connectivity index (χ2v) is 3.09. The molecule has 1 aromatic heterocycles. The van der Waals surface area contributed by atoms with Gasteiger partial charge >= 0.3 is 0 Å². The van der Waals surface area contributed by atoms with E-state index in [-0.39, 0.29) is 5.69 Å². The molecule has 0 aliphatic rings. The maximum atomic E-state index is 10.5. The summed E-state index contributed by atoms with van der Waals surface area (Å²) in [6, 6.07) is 6.53. The van der Waals surface area contributed by atoms with Crippen LogP contribution in [0.25, 0.3) is 10.9 Å². The molecule has 4 nitrogen and oxygen atoms in total. The van der Waals surface area contributed by atoms with Crippen LogP contribution in [0.3, 0.4) is 0 Å². The van der Waals surface area contributed by atoms with Gasteiger partial charge in [0.25, 0.3) is 5.69 Å². The third-order valence-electron chi connectivity index (χ3n) is 2.15. The summed E-state index contributed by atoms with van der Waals surface area (Å²) in [4.78, 5) is 14.3. The summed E-state index contributed by atoms with van der Waals surface area (Å²) in [5.41, 5.74) is 1.89. The predicted octanol–water partition coefficient (Wildman–Crippen LogP) is 3.48. The van der Waals surface area contributed by atoms with E-state index in [2.05, 4.69) is 4.98 Å². The minimum absolute atomic E-state index is 0.105. The van der Waals surface area contributed by atoms with Crippen LogP contribution in [0.4, 0.5) is 5.69 Å². The van der Waals surface area contributed by atoms with Gasteiger partial charge in [-0.05, 0) is 24.6 Å². The lowest BCUT2D eigenvalue weighted by atomic mass is 10.1. The molecule has 0 bridgehead atoms. The van der Waals surface area contributed by atoms with E-state index in [4.69, 9.17) is 0 Å². The van der Waals surface area contributed by atoms with Gasteiger partial charge in [0.15, 0.2) is 0 Å². The molecule has 0 aliphatic heterocycles. The van der Waals surface area contributed by atoms with Gasteiger partial charge in [0.1, 0.15) is 0 Å². The van der Waals surface area contributed by atoms with Crippen molar-refractivity contribution in [2.75, 3.05) is 0 Å². The van der Waals surface area contributed by atoms with E-state index in [0.717, 1.165) is 16.5 Å². The van der Waals surface area contributed by atoms with E-state index in [9.17, 15) is 10.1 Å². The standard InChI is InChI=1S/C10H8N2O2.C2H6/c1-7-4-5-11-10-3-2-8(12(13)14)6-9(7)10;1-2/h2-6H,1H3;1-2H3. The third-order valence-corrected chi connectivity index (χ3v) is 2.15. The normalized spacial score (nSPS) is 9.44. The van der Waals surface area contributed by atoms with Gasteiger partial charge < -0.3 is 0 Å². The Morgan fingerprint density at radius 2 is 1.94 bits per heavy atom. The van der Waals surface area contributed by atoms with Crippen molar-refractivity contribution in [1.29, 1.82) is 0 Å². The van der Waals surface area contributed by atoms with Crippen molar-refractivity contribution in [1.82, 2.24) is 4.98 Å². The number of nitro groups is 1. The number of aryl methyl sites for hydroxylation is 1. The number of rotatable bonds is 1. The Labute approximate surface area is 94.1 Å². The Hall–Kier alpha value is -1.97. The van der Waals surface area contributed by atoms with Gasteiger partial charge in [0.2, 0.25) is 0 Å². The zero-order chi connectivity index (χ0) is 12.1. The Morgan fingerprint density at radius 3 is 2.56 bits per heavy atom. The molecule has 84 valence electrons. The number of aromatic nitrogens is 1. The molecule has 0 amide bonds. The Kier molecular flexibility index (Phi) is 3.94. The van der Waals surface area contributed by atoms with E-state index in [1.807, 2.05) is 26.8 Å². The molecule has 1 heterocycles. The lowest BCUT2D eigenvalue weighted by Gasteiger charge is -1.99. The van der Waals surface area contributed by atoms with Crippen molar-refractivity contribution in [3.05, 3.63) is 46.1 Å². The fourth-order valence-electron chi connectivity index (χ4n) is 1.39. The van der Waals surface area contributed by atoms with E-state index < -0.39 is 4.92 Å². The highest BCUT2D eigenvalue weighted by molar-refractivity contribution is 5.83. The monoisotopic (exact) mass is 218 g/mol. The fraction of sp³-hybridized carbons (Fsp3) is 0.250. The molecule has 0 spiro atoms. The summed E-state index contributed by atoms with van der Waals surface area (Å²) >= 11 is 0. The summed E-state index contributed by atoms with van der Waals surface area (Å²) in [6.45, 7) is 5.91. The third kappa shape index (κ3) is 2.34. The minimum Gasteiger partial charge on any atom is -0.258 e. The molecule has 0 saturated heterocycles. The van der Waals surface area contributed by atoms with Crippen LogP contribution in [0.1, 0.15) is 19.4 Å². The van der Waals surface area contributed by atoms with Crippen molar-refractivity contribution < 1.29 is 4.92 Å². The largest absolute Gasteiger partial charge is 0.270 e.